The van der Waals surface area contributed by atoms with Gasteiger partial charge in [0.25, 0.3) is 0 Å². The van der Waals surface area contributed by atoms with E-state index in [0.29, 0.717) is 6.42 Å². The van der Waals surface area contributed by atoms with Crippen LogP contribution in [0.4, 0.5) is 17.6 Å². The molecule has 2 rings (SSSR count). The number of hydrogen-bond acceptors (Lipinski definition) is 3. The van der Waals surface area contributed by atoms with Gasteiger partial charge >= 0.3 is 13.2 Å². The molecule has 0 saturated heterocycles. The summed E-state index contributed by atoms with van der Waals surface area (Å²) in [6, 6.07) is 3.38. The number of halogens is 4. The fourth-order valence-corrected chi connectivity index (χ4v) is 2.83. The van der Waals surface area contributed by atoms with Gasteiger partial charge in [0.15, 0.2) is 17.3 Å². The molecule has 0 unspecified atom stereocenters. The van der Waals surface area contributed by atoms with Crippen LogP contribution in [0.5, 0.6) is 11.5 Å². The Hall–Kier alpha value is -1.79. The summed E-state index contributed by atoms with van der Waals surface area (Å²) in [5.74, 6) is -1.00. The Labute approximate surface area is 131 Å². The quantitative estimate of drug-likeness (QED) is 0.517. The molecule has 1 fully saturated rings. The number of carbonyl (C=O) groups is 1. The molecule has 1 saturated carbocycles. The average molecular weight is 334 g/mol. The van der Waals surface area contributed by atoms with Crippen molar-refractivity contribution in [3.05, 3.63) is 23.8 Å². The van der Waals surface area contributed by atoms with Crippen LogP contribution in [0.2, 0.25) is 0 Å². The molecule has 7 heteroatoms. The van der Waals surface area contributed by atoms with Gasteiger partial charge < -0.3 is 9.47 Å². The SMILES string of the molecule is O=C(CC1CCCCC1)c1ccc(OC(F)F)c(OC(F)F)c1. The predicted octanol–water partition coefficient (Wildman–Crippen LogP) is 5.04. The Morgan fingerprint density at radius 3 is 2.22 bits per heavy atom. The number of carbonyl (C=O) groups excluding carboxylic acids is 1. The van der Waals surface area contributed by atoms with E-state index in [4.69, 9.17) is 0 Å². The van der Waals surface area contributed by atoms with Gasteiger partial charge in [0.05, 0.1) is 0 Å². The van der Waals surface area contributed by atoms with Gasteiger partial charge in [-0.25, -0.2) is 0 Å². The van der Waals surface area contributed by atoms with Crippen molar-refractivity contribution in [3.63, 3.8) is 0 Å². The standard InChI is InChI=1S/C16H18F4O3/c17-15(18)22-13-7-6-11(9-14(13)23-16(19)20)12(21)8-10-4-2-1-3-5-10/h6-7,9-10,15-16H,1-5,8H2. The van der Waals surface area contributed by atoms with Crippen molar-refractivity contribution in [2.45, 2.75) is 51.7 Å². The highest BCUT2D eigenvalue weighted by atomic mass is 19.3. The molecule has 23 heavy (non-hydrogen) atoms. The minimum atomic E-state index is -3.20. The number of hydrogen-bond donors (Lipinski definition) is 0. The van der Waals surface area contributed by atoms with E-state index in [-0.39, 0.29) is 17.3 Å². The van der Waals surface area contributed by atoms with E-state index in [1.54, 1.807) is 0 Å². The predicted molar refractivity (Wildman–Crippen MR) is 75.2 cm³/mol. The summed E-state index contributed by atoms with van der Waals surface area (Å²) in [5.41, 5.74) is 0.160. The fraction of sp³-hybridized carbons (Fsp3) is 0.562. The molecule has 1 aromatic carbocycles. The van der Waals surface area contributed by atoms with E-state index in [1.165, 1.54) is 6.07 Å². The van der Waals surface area contributed by atoms with E-state index in [2.05, 4.69) is 9.47 Å². The molecule has 0 amide bonds. The normalized spacial score (nSPS) is 15.9. The van der Waals surface area contributed by atoms with Crippen molar-refractivity contribution < 1.29 is 31.8 Å². The van der Waals surface area contributed by atoms with Crippen LogP contribution in [0.15, 0.2) is 18.2 Å². The number of rotatable bonds is 7. The van der Waals surface area contributed by atoms with Gasteiger partial charge in [-0.2, -0.15) is 17.6 Å². The second-order valence-corrected chi connectivity index (χ2v) is 5.55. The maximum absolute atomic E-state index is 12.4. The van der Waals surface area contributed by atoms with Crippen LogP contribution in [-0.2, 0) is 0 Å². The molecular formula is C16H18F4O3. The topological polar surface area (TPSA) is 35.5 Å². The molecule has 1 aliphatic rings. The fourth-order valence-electron chi connectivity index (χ4n) is 2.83. The monoisotopic (exact) mass is 334 g/mol. The highest BCUT2D eigenvalue weighted by Gasteiger charge is 2.21. The molecule has 0 spiro atoms. The highest BCUT2D eigenvalue weighted by Crippen LogP contribution is 2.33. The van der Waals surface area contributed by atoms with Crippen LogP contribution in [0.1, 0.15) is 48.9 Å². The minimum absolute atomic E-state index is 0.160. The average Bonchev–Trinajstić information content (AvgIpc) is 2.49. The van der Waals surface area contributed by atoms with Crippen LogP contribution >= 0.6 is 0 Å². The molecule has 0 aromatic heterocycles. The first-order valence-electron chi connectivity index (χ1n) is 7.52. The molecule has 0 heterocycles. The van der Waals surface area contributed by atoms with Gasteiger partial charge in [0, 0.05) is 12.0 Å². The Bertz CT molecular complexity index is 528. The van der Waals surface area contributed by atoms with Crippen molar-refractivity contribution in [2.75, 3.05) is 0 Å². The molecule has 0 aliphatic heterocycles. The van der Waals surface area contributed by atoms with Gasteiger partial charge in [0.2, 0.25) is 0 Å². The van der Waals surface area contributed by atoms with E-state index in [9.17, 15) is 22.4 Å². The van der Waals surface area contributed by atoms with Crippen molar-refractivity contribution in [2.24, 2.45) is 5.92 Å². The smallest absolute Gasteiger partial charge is 0.387 e. The summed E-state index contributed by atoms with van der Waals surface area (Å²) in [7, 11) is 0. The molecule has 0 bridgehead atoms. The Kier molecular flexibility index (Phi) is 6.24. The van der Waals surface area contributed by atoms with Gasteiger partial charge in [-0.05, 0) is 24.1 Å². The van der Waals surface area contributed by atoms with Crippen LogP contribution < -0.4 is 9.47 Å². The summed E-state index contributed by atoms with van der Waals surface area (Å²) in [6.45, 7) is -6.36. The molecule has 3 nitrogen and oxygen atoms in total. The molecule has 1 aromatic rings. The first kappa shape index (κ1) is 17.6. The molecule has 1 aliphatic carbocycles. The maximum Gasteiger partial charge on any atom is 0.387 e. The lowest BCUT2D eigenvalue weighted by Gasteiger charge is -2.21. The van der Waals surface area contributed by atoms with Crippen molar-refractivity contribution in [1.82, 2.24) is 0 Å². The van der Waals surface area contributed by atoms with Gasteiger partial charge in [-0.1, -0.05) is 32.1 Å². The number of benzene rings is 1. The number of ketones is 1. The summed E-state index contributed by atoms with van der Waals surface area (Å²) in [6.07, 6.45) is 5.59. The maximum atomic E-state index is 12.4. The van der Waals surface area contributed by atoms with Crippen LogP contribution in [0.3, 0.4) is 0 Å². The van der Waals surface area contributed by atoms with Crippen molar-refractivity contribution in [3.8, 4) is 11.5 Å². The lowest BCUT2D eigenvalue weighted by atomic mass is 9.85. The van der Waals surface area contributed by atoms with Crippen LogP contribution in [-0.4, -0.2) is 19.0 Å². The highest BCUT2D eigenvalue weighted by molar-refractivity contribution is 5.96. The van der Waals surface area contributed by atoms with E-state index >= 15 is 0 Å². The van der Waals surface area contributed by atoms with Crippen LogP contribution in [0, 0.1) is 5.92 Å². The first-order valence-corrected chi connectivity index (χ1v) is 7.52. The van der Waals surface area contributed by atoms with Gasteiger partial charge in [-0.3, -0.25) is 4.79 Å². The molecule has 0 atom stereocenters. The number of alkyl halides is 4. The molecule has 0 N–H and O–H groups in total. The summed E-state index contributed by atoms with van der Waals surface area (Å²) in [5, 5.41) is 0. The summed E-state index contributed by atoms with van der Waals surface area (Å²) in [4.78, 5) is 12.3. The zero-order valence-corrected chi connectivity index (χ0v) is 12.4. The molecular weight excluding hydrogens is 316 g/mol. The van der Waals surface area contributed by atoms with Crippen LogP contribution in [0.25, 0.3) is 0 Å². The Balaban J connectivity index is 2.12. The second-order valence-electron chi connectivity index (χ2n) is 5.55. The lowest BCUT2D eigenvalue weighted by molar-refractivity contribution is -0.0692. The zero-order chi connectivity index (χ0) is 16.8. The lowest BCUT2D eigenvalue weighted by Crippen LogP contribution is -2.13. The Morgan fingerprint density at radius 2 is 1.61 bits per heavy atom. The third-order valence-electron chi connectivity index (χ3n) is 3.90. The van der Waals surface area contributed by atoms with E-state index < -0.39 is 24.7 Å². The summed E-state index contributed by atoms with van der Waals surface area (Å²) >= 11 is 0. The molecule has 128 valence electrons. The second kappa shape index (κ2) is 8.17. The number of ether oxygens (including phenoxy) is 2. The Morgan fingerprint density at radius 1 is 1.00 bits per heavy atom. The van der Waals surface area contributed by atoms with Gasteiger partial charge in [-0.15, -0.1) is 0 Å². The largest absolute Gasteiger partial charge is 0.431 e. The zero-order valence-electron chi connectivity index (χ0n) is 12.4. The first-order chi connectivity index (χ1) is 11.0. The third kappa shape index (κ3) is 5.41. The minimum Gasteiger partial charge on any atom is -0.431 e. The number of Topliss-reactive ketones (excluding diaryl/α,β-unsaturated/α-hetero) is 1. The summed E-state index contributed by atoms with van der Waals surface area (Å²) < 4.78 is 57.6. The van der Waals surface area contributed by atoms with Crippen molar-refractivity contribution in [1.29, 1.82) is 0 Å². The van der Waals surface area contributed by atoms with Gasteiger partial charge in [0.1, 0.15) is 0 Å². The van der Waals surface area contributed by atoms with E-state index in [0.717, 1.165) is 44.2 Å². The van der Waals surface area contributed by atoms with E-state index in [1.807, 2.05) is 0 Å². The van der Waals surface area contributed by atoms with Crippen molar-refractivity contribution >= 4 is 5.78 Å². The molecule has 0 radical (unpaired) electrons. The third-order valence-corrected chi connectivity index (χ3v) is 3.90.